The van der Waals surface area contributed by atoms with Crippen LogP contribution in [0.1, 0.15) is 5.56 Å². The van der Waals surface area contributed by atoms with Gasteiger partial charge in [0.15, 0.2) is 23.9 Å². The number of halogens is 1. The summed E-state index contributed by atoms with van der Waals surface area (Å²) in [5, 5.41) is 14.7. The lowest BCUT2D eigenvalue weighted by molar-refractivity contribution is -0.385. The van der Waals surface area contributed by atoms with Crippen LogP contribution in [0.25, 0.3) is 0 Å². The van der Waals surface area contributed by atoms with Crippen LogP contribution in [-0.4, -0.2) is 37.9 Å². The first-order valence-corrected chi connectivity index (χ1v) is 8.63. The molecule has 0 aliphatic carbocycles. The van der Waals surface area contributed by atoms with Crippen molar-refractivity contribution in [1.29, 1.82) is 0 Å². The molecule has 0 bridgehead atoms. The predicted octanol–water partition coefficient (Wildman–Crippen LogP) is 2.75. The Bertz CT molecular complexity index is 872. The monoisotopic (exact) mass is 485 g/mol. The molecule has 0 atom stereocenters. The van der Waals surface area contributed by atoms with Gasteiger partial charge in [-0.25, -0.2) is 5.43 Å². The molecule has 0 aliphatic heterocycles. The van der Waals surface area contributed by atoms with Gasteiger partial charge in [-0.3, -0.25) is 14.9 Å². The molecule has 0 saturated carbocycles. The highest BCUT2D eigenvalue weighted by atomic mass is 127. The van der Waals surface area contributed by atoms with Crippen LogP contribution < -0.4 is 19.6 Å². The summed E-state index contributed by atoms with van der Waals surface area (Å²) in [6, 6.07) is 9.32. The number of hydrogen-bond donors (Lipinski definition) is 1. The van der Waals surface area contributed by atoms with Crippen molar-refractivity contribution in [2.75, 3.05) is 20.8 Å². The van der Waals surface area contributed by atoms with Crippen LogP contribution in [0.2, 0.25) is 0 Å². The third-order valence-corrected chi connectivity index (χ3v) is 4.08. The third kappa shape index (κ3) is 5.54. The van der Waals surface area contributed by atoms with Gasteiger partial charge >= 0.3 is 5.69 Å². The molecular formula is C17H16IN3O6. The predicted molar refractivity (Wildman–Crippen MR) is 107 cm³/mol. The van der Waals surface area contributed by atoms with E-state index < -0.39 is 17.4 Å². The van der Waals surface area contributed by atoms with E-state index in [4.69, 9.17) is 14.2 Å². The van der Waals surface area contributed by atoms with Crippen molar-refractivity contribution < 1.29 is 23.9 Å². The highest BCUT2D eigenvalue weighted by molar-refractivity contribution is 14.1. The molecule has 0 aromatic heterocycles. The fourth-order valence-electron chi connectivity index (χ4n) is 2.10. The lowest BCUT2D eigenvalue weighted by Gasteiger charge is -2.10. The largest absolute Gasteiger partial charge is 0.493 e. The summed E-state index contributed by atoms with van der Waals surface area (Å²) >= 11 is 2.10. The van der Waals surface area contributed by atoms with Crippen molar-refractivity contribution in [2.24, 2.45) is 5.10 Å². The van der Waals surface area contributed by atoms with Crippen molar-refractivity contribution in [3.05, 3.63) is 55.6 Å². The topological polar surface area (TPSA) is 112 Å². The van der Waals surface area contributed by atoms with Gasteiger partial charge in [0.1, 0.15) is 0 Å². The molecule has 2 aromatic carbocycles. The maximum Gasteiger partial charge on any atom is 0.310 e. The summed E-state index contributed by atoms with van der Waals surface area (Å²) < 4.78 is 16.5. The number of benzene rings is 2. The van der Waals surface area contributed by atoms with E-state index in [0.29, 0.717) is 17.1 Å². The molecule has 0 radical (unpaired) electrons. The molecule has 0 spiro atoms. The van der Waals surface area contributed by atoms with Crippen LogP contribution in [0.5, 0.6) is 17.2 Å². The molecule has 0 heterocycles. The first-order chi connectivity index (χ1) is 13.0. The molecule has 27 heavy (non-hydrogen) atoms. The number of carbonyl (C=O) groups is 1. The fourth-order valence-corrected chi connectivity index (χ4v) is 2.94. The molecule has 2 aromatic rings. The number of nitro groups is 1. The van der Waals surface area contributed by atoms with Crippen LogP contribution in [0.15, 0.2) is 41.5 Å². The minimum absolute atomic E-state index is 0.0103. The minimum Gasteiger partial charge on any atom is -0.493 e. The van der Waals surface area contributed by atoms with Gasteiger partial charge in [0.25, 0.3) is 5.91 Å². The molecule has 0 unspecified atom stereocenters. The average molecular weight is 485 g/mol. The minimum atomic E-state index is -0.579. The van der Waals surface area contributed by atoms with Gasteiger partial charge in [-0.05, 0) is 46.4 Å². The van der Waals surface area contributed by atoms with E-state index in [2.05, 4.69) is 33.1 Å². The average Bonchev–Trinajstić information content (AvgIpc) is 2.66. The second-order valence-corrected chi connectivity index (χ2v) is 6.21. The number of nitro benzene ring substituents is 1. The molecule has 0 saturated heterocycles. The molecular weight excluding hydrogens is 469 g/mol. The number of rotatable bonds is 8. The number of para-hydroxylation sites is 2. The van der Waals surface area contributed by atoms with E-state index in [9.17, 15) is 14.9 Å². The highest BCUT2D eigenvalue weighted by Gasteiger charge is 2.14. The molecule has 142 valence electrons. The Kier molecular flexibility index (Phi) is 7.34. The molecule has 0 fully saturated rings. The number of ether oxygens (including phenoxy) is 3. The molecule has 1 amide bonds. The Labute approximate surface area is 168 Å². The zero-order chi connectivity index (χ0) is 19.8. The van der Waals surface area contributed by atoms with Crippen LogP contribution in [0, 0.1) is 13.7 Å². The number of hydrazone groups is 1. The Balaban J connectivity index is 1.96. The smallest absolute Gasteiger partial charge is 0.310 e. The van der Waals surface area contributed by atoms with Gasteiger partial charge in [0.05, 0.1) is 28.9 Å². The summed E-state index contributed by atoms with van der Waals surface area (Å²) in [5.74, 6) is 0.602. The Morgan fingerprint density at radius 2 is 2.00 bits per heavy atom. The van der Waals surface area contributed by atoms with E-state index in [1.165, 1.54) is 31.5 Å². The number of nitrogens with one attached hydrogen (secondary N) is 1. The van der Waals surface area contributed by atoms with Crippen LogP contribution in [-0.2, 0) is 4.79 Å². The van der Waals surface area contributed by atoms with Crippen LogP contribution in [0.3, 0.4) is 0 Å². The van der Waals surface area contributed by atoms with E-state index >= 15 is 0 Å². The van der Waals surface area contributed by atoms with Crippen molar-refractivity contribution >= 4 is 40.4 Å². The second kappa shape index (κ2) is 9.71. The third-order valence-electron chi connectivity index (χ3n) is 3.28. The van der Waals surface area contributed by atoms with Crippen molar-refractivity contribution in [1.82, 2.24) is 5.43 Å². The maximum atomic E-state index is 11.8. The lowest BCUT2D eigenvalue weighted by Crippen LogP contribution is -2.24. The van der Waals surface area contributed by atoms with Crippen LogP contribution in [0.4, 0.5) is 5.69 Å². The van der Waals surface area contributed by atoms with Gasteiger partial charge in [-0.1, -0.05) is 12.1 Å². The Morgan fingerprint density at radius 3 is 2.67 bits per heavy atom. The SMILES string of the molecule is COc1cc(C=NNC(=O)COc2ccccc2[N+](=O)[O-])cc(I)c1OC. The van der Waals surface area contributed by atoms with Crippen molar-refractivity contribution in [3.8, 4) is 17.2 Å². The van der Waals surface area contributed by atoms with E-state index in [1.54, 1.807) is 25.3 Å². The molecule has 2 rings (SSSR count). The van der Waals surface area contributed by atoms with E-state index in [1.807, 2.05) is 0 Å². The summed E-state index contributed by atoms with van der Waals surface area (Å²) in [7, 11) is 3.07. The van der Waals surface area contributed by atoms with Crippen LogP contribution >= 0.6 is 22.6 Å². The van der Waals surface area contributed by atoms with E-state index in [-0.39, 0.29) is 11.4 Å². The number of carbonyl (C=O) groups excluding carboxylic acids is 1. The summed E-state index contributed by atoms with van der Waals surface area (Å²) in [4.78, 5) is 22.1. The number of hydrogen-bond acceptors (Lipinski definition) is 7. The second-order valence-electron chi connectivity index (χ2n) is 5.04. The highest BCUT2D eigenvalue weighted by Crippen LogP contribution is 2.33. The van der Waals surface area contributed by atoms with Crippen molar-refractivity contribution in [3.63, 3.8) is 0 Å². The molecule has 0 aliphatic rings. The zero-order valence-corrected chi connectivity index (χ0v) is 16.6. The molecule has 9 nitrogen and oxygen atoms in total. The summed E-state index contributed by atoms with van der Waals surface area (Å²) in [5.41, 5.74) is 2.77. The Hall–Kier alpha value is -2.89. The standard InChI is InChI=1S/C17H16IN3O6/c1-25-15-8-11(7-12(18)17(15)26-2)9-19-20-16(22)10-27-14-6-4-3-5-13(14)21(23)24/h3-9H,10H2,1-2H3,(H,20,22). The van der Waals surface area contributed by atoms with Gasteiger partial charge in [-0.15, -0.1) is 0 Å². The maximum absolute atomic E-state index is 11.8. The normalized spacial score (nSPS) is 10.5. The Morgan fingerprint density at radius 1 is 1.26 bits per heavy atom. The van der Waals surface area contributed by atoms with Gasteiger partial charge in [0, 0.05) is 6.07 Å². The first kappa shape index (κ1) is 20.4. The summed E-state index contributed by atoms with van der Waals surface area (Å²) in [6.07, 6.45) is 1.44. The quantitative estimate of drug-likeness (QED) is 0.267. The zero-order valence-electron chi connectivity index (χ0n) is 14.5. The van der Waals surface area contributed by atoms with E-state index in [0.717, 1.165) is 3.57 Å². The van der Waals surface area contributed by atoms with Gasteiger partial charge in [-0.2, -0.15) is 5.10 Å². The molecule has 1 N–H and O–H groups in total. The summed E-state index contributed by atoms with van der Waals surface area (Å²) in [6.45, 7) is -0.411. The number of amides is 1. The van der Waals surface area contributed by atoms with Gasteiger partial charge < -0.3 is 14.2 Å². The first-order valence-electron chi connectivity index (χ1n) is 7.56. The lowest BCUT2D eigenvalue weighted by atomic mass is 10.2. The van der Waals surface area contributed by atoms with Crippen molar-refractivity contribution in [2.45, 2.75) is 0 Å². The number of nitrogens with zero attached hydrogens (tertiary/aromatic N) is 2. The van der Waals surface area contributed by atoms with Gasteiger partial charge in [0.2, 0.25) is 0 Å². The number of methoxy groups -OCH3 is 2. The fraction of sp³-hybridized carbons (Fsp3) is 0.176. The molecule has 10 heteroatoms.